The van der Waals surface area contributed by atoms with Crippen molar-refractivity contribution >= 4 is 18.2 Å². The fourth-order valence-corrected chi connectivity index (χ4v) is 6.38. The normalized spacial score (nSPS) is 26.9. The number of hydrogen-bond acceptors (Lipinski definition) is 5. The third-order valence-electron chi connectivity index (χ3n) is 8.70. The van der Waals surface area contributed by atoms with E-state index >= 15 is 0 Å². The van der Waals surface area contributed by atoms with Gasteiger partial charge in [-0.3, -0.25) is 9.59 Å². The number of nitrogens with one attached hydrogen (secondary N) is 1. The summed E-state index contributed by atoms with van der Waals surface area (Å²) in [5.41, 5.74) is 4.06. The average molecular weight is 580 g/mol. The van der Waals surface area contributed by atoms with Gasteiger partial charge in [-0.1, -0.05) is 105 Å². The summed E-state index contributed by atoms with van der Waals surface area (Å²) in [5, 5.41) is 6.53. The summed E-state index contributed by atoms with van der Waals surface area (Å²) >= 11 is 0. The van der Waals surface area contributed by atoms with E-state index in [1.165, 1.54) is 0 Å². The number of allylic oxidation sites excluding steroid dienone is 6. The number of urea groups is 1. The Labute approximate surface area is 254 Å². The zero-order valence-electron chi connectivity index (χ0n) is 25.2. The molecular weight excluding hydrogens is 538 g/mol. The van der Waals surface area contributed by atoms with Crippen LogP contribution in [0.15, 0.2) is 108 Å². The number of aldehydes is 1. The van der Waals surface area contributed by atoms with Crippen molar-refractivity contribution in [3.05, 3.63) is 120 Å². The monoisotopic (exact) mass is 579 g/mol. The largest absolute Gasteiger partial charge is 0.368 e. The van der Waals surface area contributed by atoms with Gasteiger partial charge < -0.3 is 15.1 Å². The van der Waals surface area contributed by atoms with Crippen LogP contribution < -0.4 is 5.32 Å². The molecule has 0 aromatic heterocycles. The molecular formula is C35H41N5O3. The lowest BCUT2D eigenvalue weighted by atomic mass is 9.86. The molecule has 5 rings (SSSR count). The van der Waals surface area contributed by atoms with Crippen LogP contribution in [0.1, 0.15) is 37.3 Å². The molecule has 1 N–H and O–H groups in total. The van der Waals surface area contributed by atoms with Crippen LogP contribution in [-0.4, -0.2) is 76.9 Å². The number of rotatable bonds is 6. The third-order valence-corrected chi connectivity index (χ3v) is 8.70. The lowest BCUT2D eigenvalue weighted by Gasteiger charge is -2.57. The van der Waals surface area contributed by atoms with E-state index in [4.69, 9.17) is 0 Å². The Bertz CT molecular complexity index is 1420. The maximum Gasteiger partial charge on any atom is 0.334 e. The highest BCUT2D eigenvalue weighted by molar-refractivity contribution is 5.83. The second-order valence-corrected chi connectivity index (χ2v) is 11.4. The number of amides is 3. The minimum Gasteiger partial charge on any atom is -0.368 e. The molecule has 0 aliphatic carbocycles. The van der Waals surface area contributed by atoms with Gasteiger partial charge in [-0.25, -0.2) is 14.8 Å². The van der Waals surface area contributed by atoms with Gasteiger partial charge in [0.05, 0.1) is 19.1 Å². The molecule has 2 saturated heterocycles. The number of carbonyl (C=O) groups is 3. The summed E-state index contributed by atoms with van der Waals surface area (Å²) in [6, 6.07) is 19.5. The molecule has 0 radical (unpaired) electrons. The van der Waals surface area contributed by atoms with E-state index in [0.717, 1.165) is 35.1 Å². The zero-order chi connectivity index (χ0) is 30.3. The van der Waals surface area contributed by atoms with Crippen molar-refractivity contribution in [2.75, 3.05) is 26.7 Å². The SMILES string of the molecule is CCC(C)[C@H]1\C2=C/C=C\C=C/C(=C\C=O)C(c3ccccc3)CN2C[C@H]2N1C(=O)CN(C)N2C(=O)NCc1ccccc1. The molecule has 3 aliphatic heterocycles. The van der Waals surface area contributed by atoms with Gasteiger partial charge in [0, 0.05) is 31.8 Å². The molecule has 0 spiro atoms. The number of benzene rings is 2. The van der Waals surface area contributed by atoms with Crippen molar-refractivity contribution < 1.29 is 14.4 Å². The first-order valence-electron chi connectivity index (χ1n) is 15.1. The van der Waals surface area contributed by atoms with Crippen LogP contribution in [0.4, 0.5) is 4.79 Å². The lowest BCUT2D eigenvalue weighted by Crippen LogP contribution is -2.75. The predicted molar refractivity (Wildman–Crippen MR) is 168 cm³/mol. The van der Waals surface area contributed by atoms with Crippen molar-refractivity contribution in [3.63, 3.8) is 0 Å². The van der Waals surface area contributed by atoms with Gasteiger partial charge in [-0.15, -0.1) is 0 Å². The quantitative estimate of drug-likeness (QED) is 0.391. The Hall–Kier alpha value is -4.43. The summed E-state index contributed by atoms with van der Waals surface area (Å²) < 4.78 is 0. The molecule has 3 heterocycles. The van der Waals surface area contributed by atoms with Crippen molar-refractivity contribution in [1.82, 2.24) is 25.1 Å². The molecule has 43 heavy (non-hydrogen) atoms. The first kappa shape index (κ1) is 30.0. The molecule has 3 amide bonds. The predicted octanol–water partition coefficient (Wildman–Crippen LogP) is 4.86. The summed E-state index contributed by atoms with van der Waals surface area (Å²) in [6.45, 7) is 5.84. The summed E-state index contributed by atoms with van der Waals surface area (Å²) in [5.74, 6) is 0.0526. The van der Waals surface area contributed by atoms with Crippen LogP contribution in [-0.2, 0) is 16.1 Å². The fourth-order valence-electron chi connectivity index (χ4n) is 6.38. The van der Waals surface area contributed by atoms with Gasteiger partial charge in [-0.05, 0) is 34.8 Å². The first-order chi connectivity index (χ1) is 20.9. The van der Waals surface area contributed by atoms with Gasteiger partial charge in [0.15, 0.2) is 0 Å². The number of nitrogens with zero attached hydrogens (tertiary/aromatic N) is 4. The van der Waals surface area contributed by atoms with E-state index in [9.17, 15) is 14.4 Å². The van der Waals surface area contributed by atoms with Crippen LogP contribution in [0.2, 0.25) is 0 Å². The third kappa shape index (κ3) is 6.49. The number of likely N-dealkylation sites (N-methyl/N-ethyl adjacent to an activating group) is 1. The minimum atomic E-state index is -0.504. The van der Waals surface area contributed by atoms with Gasteiger partial charge >= 0.3 is 6.03 Å². The molecule has 2 fully saturated rings. The van der Waals surface area contributed by atoms with E-state index in [-0.39, 0.29) is 36.4 Å². The van der Waals surface area contributed by atoms with Gasteiger partial charge in [0.1, 0.15) is 12.5 Å². The number of hydrazine groups is 1. The highest BCUT2D eigenvalue weighted by atomic mass is 16.2. The fraction of sp³-hybridized carbons (Fsp3) is 0.343. The summed E-state index contributed by atoms with van der Waals surface area (Å²) in [4.78, 5) is 43.6. The van der Waals surface area contributed by atoms with Crippen molar-refractivity contribution in [1.29, 1.82) is 0 Å². The highest BCUT2D eigenvalue weighted by Gasteiger charge is 2.50. The van der Waals surface area contributed by atoms with E-state index in [1.807, 2.05) is 77.7 Å². The molecule has 2 aromatic carbocycles. The summed E-state index contributed by atoms with van der Waals surface area (Å²) in [6.07, 6.45) is 12.9. The molecule has 0 saturated carbocycles. The standard InChI is InChI=1S/C35H41N5O3/c1-4-26(2)34-31-19-13-7-12-18-29(20-21-41)30(28-16-10-6-11-17-28)23-38(31)24-32-39(34)33(42)25-37(3)40(32)35(43)36-22-27-14-8-5-9-15-27/h5-21,26,30,32,34H,4,22-25H2,1-3H3,(H,36,43)/b13-7-,18-12-,29-20+,31-19+/t26?,30?,32-,34-/m0/s1. The van der Waals surface area contributed by atoms with E-state index in [2.05, 4.69) is 42.3 Å². The molecule has 8 nitrogen and oxygen atoms in total. The van der Waals surface area contributed by atoms with Crippen LogP contribution in [0, 0.1) is 5.92 Å². The maximum atomic E-state index is 13.8. The smallest absolute Gasteiger partial charge is 0.334 e. The zero-order valence-corrected chi connectivity index (χ0v) is 25.2. The Balaban J connectivity index is 1.56. The van der Waals surface area contributed by atoms with Crippen molar-refractivity contribution in [2.24, 2.45) is 5.92 Å². The second-order valence-electron chi connectivity index (χ2n) is 11.4. The van der Waals surface area contributed by atoms with Crippen LogP contribution >= 0.6 is 0 Å². The van der Waals surface area contributed by atoms with Crippen molar-refractivity contribution in [3.8, 4) is 0 Å². The Morgan fingerprint density at radius 2 is 1.74 bits per heavy atom. The maximum absolute atomic E-state index is 13.8. The molecule has 2 aromatic rings. The molecule has 4 atom stereocenters. The highest BCUT2D eigenvalue weighted by Crippen LogP contribution is 2.38. The van der Waals surface area contributed by atoms with E-state index < -0.39 is 6.17 Å². The molecule has 224 valence electrons. The minimum absolute atomic E-state index is 0.00702. The molecule has 2 unspecified atom stereocenters. The van der Waals surface area contributed by atoms with Crippen molar-refractivity contribution in [2.45, 2.75) is 44.9 Å². The van der Waals surface area contributed by atoms with E-state index in [0.29, 0.717) is 19.6 Å². The Kier molecular flexibility index (Phi) is 9.57. The number of piperazine rings is 1. The van der Waals surface area contributed by atoms with Gasteiger partial charge in [0.2, 0.25) is 5.91 Å². The lowest BCUT2D eigenvalue weighted by molar-refractivity contribution is -0.178. The summed E-state index contributed by atoms with van der Waals surface area (Å²) in [7, 11) is 1.80. The number of carbonyl (C=O) groups excluding carboxylic acids is 3. The van der Waals surface area contributed by atoms with Crippen LogP contribution in [0.5, 0.6) is 0 Å². The Morgan fingerprint density at radius 1 is 1.02 bits per heavy atom. The molecule has 0 bridgehead atoms. The number of fused-ring (bicyclic) bond motifs is 2. The van der Waals surface area contributed by atoms with Gasteiger partial charge in [-0.2, -0.15) is 0 Å². The molecule has 3 aliphatic rings. The Morgan fingerprint density at radius 3 is 2.44 bits per heavy atom. The van der Waals surface area contributed by atoms with Crippen LogP contribution in [0.25, 0.3) is 0 Å². The first-order valence-corrected chi connectivity index (χ1v) is 15.1. The average Bonchev–Trinajstić information content (AvgIpc) is 3.02. The van der Waals surface area contributed by atoms with Crippen LogP contribution in [0.3, 0.4) is 0 Å². The number of hydrogen-bond donors (Lipinski definition) is 1. The van der Waals surface area contributed by atoms with E-state index in [1.54, 1.807) is 23.1 Å². The molecule has 8 heteroatoms. The topological polar surface area (TPSA) is 76.2 Å². The second kappa shape index (κ2) is 13.7. The van der Waals surface area contributed by atoms with Gasteiger partial charge in [0.25, 0.3) is 0 Å².